The number of nitrogens with one attached hydrogen (secondary N) is 1. The molecule has 1 fully saturated rings. The van der Waals surface area contributed by atoms with Gasteiger partial charge in [-0.05, 0) is 49.2 Å². The molecule has 4 rings (SSSR count). The summed E-state index contributed by atoms with van der Waals surface area (Å²) < 4.78 is 5.51. The lowest BCUT2D eigenvalue weighted by Crippen LogP contribution is -2.47. The molecule has 0 atom stereocenters. The number of para-hydroxylation sites is 2. The molecule has 1 saturated heterocycles. The molecule has 1 N–H and O–H groups in total. The highest BCUT2D eigenvalue weighted by molar-refractivity contribution is 7.99. The Bertz CT molecular complexity index is 1100. The van der Waals surface area contributed by atoms with Crippen molar-refractivity contribution < 1.29 is 9.53 Å². The molecule has 1 aliphatic rings. The van der Waals surface area contributed by atoms with Gasteiger partial charge in [0, 0.05) is 37.9 Å². The fourth-order valence-electron chi connectivity index (χ4n) is 4.03. The van der Waals surface area contributed by atoms with Crippen LogP contribution in [0.15, 0.2) is 59.9 Å². The first-order chi connectivity index (χ1) is 16.0. The predicted octanol–water partition coefficient (Wildman–Crippen LogP) is 4.16. The first kappa shape index (κ1) is 22.9. The van der Waals surface area contributed by atoms with Gasteiger partial charge in [-0.2, -0.15) is 0 Å². The highest BCUT2D eigenvalue weighted by Crippen LogP contribution is 2.29. The first-order valence-corrected chi connectivity index (χ1v) is 12.0. The zero-order chi connectivity index (χ0) is 23.2. The minimum atomic E-state index is -0.0458. The molecule has 0 spiro atoms. The molecule has 0 unspecified atom stereocenters. The number of carbonyl (C=O) groups excluding carboxylic acids is 1. The van der Waals surface area contributed by atoms with Crippen molar-refractivity contribution in [1.29, 1.82) is 0 Å². The van der Waals surface area contributed by atoms with Crippen LogP contribution in [0.5, 0.6) is 5.75 Å². The number of methoxy groups -OCH3 is 1. The zero-order valence-electron chi connectivity index (χ0n) is 19.2. The third-order valence-corrected chi connectivity index (χ3v) is 6.44. The molecule has 33 heavy (non-hydrogen) atoms. The van der Waals surface area contributed by atoms with Crippen molar-refractivity contribution in [3.8, 4) is 5.75 Å². The van der Waals surface area contributed by atoms with Crippen LogP contribution in [0.3, 0.4) is 0 Å². The van der Waals surface area contributed by atoms with E-state index in [1.165, 1.54) is 11.8 Å². The lowest BCUT2D eigenvalue weighted by Gasteiger charge is -2.37. The van der Waals surface area contributed by atoms with E-state index in [4.69, 9.17) is 4.74 Å². The van der Waals surface area contributed by atoms with Crippen LogP contribution in [-0.2, 0) is 4.79 Å². The van der Waals surface area contributed by atoms with Gasteiger partial charge in [-0.1, -0.05) is 30.0 Å². The van der Waals surface area contributed by atoms with E-state index in [-0.39, 0.29) is 5.91 Å². The fourth-order valence-corrected chi connectivity index (χ4v) is 4.69. The largest absolute Gasteiger partial charge is 0.495 e. The van der Waals surface area contributed by atoms with Crippen molar-refractivity contribution in [2.75, 3.05) is 54.2 Å². The van der Waals surface area contributed by atoms with Crippen LogP contribution in [0.25, 0.3) is 0 Å². The molecule has 2 heterocycles. The maximum absolute atomic E-state index is 12.4. The number of thioether (sulfide) groups is 1. The number of hydrogen-bond acceptors (Lipinski definition) is 7. The molecule has 1 aromatic heterocycles. The molecule has 0 bridgehead atoms. The molecule has 0 saturated carbocycles. The Kier molecular flexibility index (Phi) is 7.34. The van der Waals surface area contributed by atoms with E-state index in [0.717, 1.165) is 65.3 Å². The summed E-state index contributed by atoms with van der Waals surface area (Å²) in [4.78, 5) is 25.8. The molecule has 8 heteroatoms. The predicted molar refractivity (Wildman–Crippen MR) is 135 cm³/mol. The number of hydrogen-bond donors (Lipinski definition) is 1. The monoisotopic (exact) mass is 463 g/mol. The van der Waals surface area contributed by atoms with Crippen molar-refractivity contribution in [1.82, 2.24) is 9.97 Å². The highest BCUT2D eigenvalue weighted by Gasteiger charge is 2.21. The Morgan fingerprint density at radius 2 is 1.70 bits per heavy atom. The number of amides is 1. The molecule has 0 aliphatic carbocycles. The van der Waals surface area contributed by atoms with Crippen molar-refractivity contribution in [3.63, 3.8) is 0 Å². The van der Waals surface area contributed by atoms with E-state index in [2.05, 4.69) is 37.2 Å². The third kappa shape index (κ3) is 5.96. The van der Waals surface area contributed by atoms with Gasteiger partial charge in [0.2, 0.25) is 5.91 Å². The van der Waals surface area contributed by atoms with E-state index in [1.807, 2.05) is 50.2 Å². The van der Waals surface area contributed by atoms with Crippen LogP contribution in [0.4, 0.5) is 17.2 Å². The van der Waals surface area contributed by atoms with Crippen LogP contribution in [-0.4, -0.2) is 54.9 Å². The Labute approximate surface area is 199 Å². The van der Waals surface area contributed by atoms with Gasteiger partial charge in [0.25, 0.3) is 0 Å². The summed E-state index contributed by atoms with van der Waals surface area (Å²) in [6, 6.07) is 16.1. The summed E-state index contributed by atoms with van der Waals surface area (Å²) in [7, 11) is 1.71. The number of rotatable bonds is 7. The normalized spacial score (nSPS) is 13.7. The average molecular weight is 464 g/mol. The van der Waals surface area contributed by atoms with Gasteiger partial charge in [0.05, 0.1) is 18.6 Å². The first-order valence-electron chi connectivity index (χ1n) is 11.0. The minimum absolute atomic E-state index is 0.0458. The number of aromatic nitrogens is 2. The number of aryl methyl sites for hydroxylation is 2. The Morgan fingerprint density at radius 3 is 2.42 bits per heavy atom. The number of nitrogens with zero attached hydrogens (tertiary/aromatic N) is 4. The fraction of sp³-hybridized carbons (Fsp3) is 0.320. The number of ether oxygens (including phenoxy) is 1. The summed E-state index contributed by atoms with van der Waals surface area (Å²) in [5.74, 6) is 2.04. The minimum Gasteiger partial charge on any atom is -0.495 e. The van der Waals surface area contributed by atoms with Crippen LogP contribution in [0.1, 0.15) is 11.1 Å². The molecule has 3 aromatic rings. The van der Waals surface area contributed by atoms with Gasteiger partial charge in [0.1, 0.15) is 22.9 Å². The molecule has 172 valence electrons. The van der Waals surface area contributed by atoms with Gasteiger partial charge < -0.3 is 19.9 Å². The van der Waals surface area contributed by atoms with Crippen molar-refractivity contribution in [3.05, 3.63) is 66.0 Å². The molecule has 0 radical (unpaired) electrons. The summed E-state index contributed by atoms with van der Waals surface area (Å²) in [6.45, 7) is 7.51. The van der Waals surface area contributed by atoms with Crippen molar-refractivity contribution in [2.45, 2.75) is 18.9 Å². The second-order valence-electron chi connectivity index (χ2n) is 8.07. The quantitative estimate of drug-likeness (QED) is 0.417. The lowest BCUT2D eigenvalue weighted by molar-refractivity contribution is -0.113. The van der Waals surface area contributed by atoms with E-state index < -0.39 is 0 Å². The van der Waals surface area contributed by atoms with Crippen molar-refractivity contribution >= 4 is 34.9 Å². The Hall–Kier alpha value is -3.26. The van der Waals surface area contributed by atoms with Crippen LogP contribution in [0.2, 0.25) is 0 Å². The second kappa shape index (κ2) is 10.6. The van der Waals surface area contributed by atoms with Gasteiger partial charge in [-0.25, -0.2) is 9.97 Å². The summed E-state index contributed by atoms with van der Waals surface area (Å²) in [6.07, 6.45) is 1.58. The Balaban J connectivity index is 1.32. The topological polar surface area (TPSA) is 70.6 Å². The number of piperazine rings is 1. The maximum Gasteiger partial charge on any atom is 0.234 e. The Morgan fingerprint density at radius 1 is 1.00 bits per heavy atom. The van der Waals surface area contributed by atoms with E-state index >= 15 is 0 Å². The summed E-state index contributed by atoms with van der Waals surface area (Å²) in [5.41, 5.74) is 4.20. The van der Waals surface area contributed by atoms with Gasteiger partial charge in [-0.3, -0.25) is 4.79 Å². The molecule has 2 aromatic carbocycles. The van der Waals surface area contributed by atoms with Crippen LogP contribution < -0.4 is 19.9 Å². The molecular formula is C25H29N5O2S. The van der Waals surface area contributed by atoms with E-state index in [9.17, 15) is 4.79 Å². The maximum atomic E-state index is 12.4. The number of benzene rings is 2. The zero-order valence-corrected chi connectivity index (χ0v) is 20.1. The molecule has 1 amide bonds. The average Bonchev–Trinajstić information content (AvgIpc) is 2.82. The van der Waals surface area contributed by atoms with Gasteiger partial charge >= 0.3 is 0 Å². The smallest absolute Gasteiger partial charge is 0.234 e. The van der Waals surface area contributed by atoms with Crippen LogP contribution in [0, 0.1) is 13.8 Å². The molecular weight excluding hydrogens is 434 g/mol. The highest BCUT2D eigenvalue weighted by atomic mass is 32.2. The van der Waals surface area contributed by atoms with E-state index in [1.54, 1.807) is 13.4 Å². The second-order valence-corrected chi connectivity index (χ2v) is 9.07. The third-order valence-electron chi connectivity index (χ3n) is 5.51. The molecule has 7 nitrogen and oxygen atoms in total. The lowest BCUT2D eigenvalue weighted by atomic mass is 10.1. The van der Waals surface area contributed by atoms with Gasteiger partial charge in [-0.15, -0.1) is 0 Å². The number of anilines is 3. The number of carbonyl (C=O) groups is 1. The SMILES string of the molecule is COc1ccccc1N1CCN(c2cc(SCC(=O)Nc3cc(C)cc(C)c3)ncn2)CC1. The van der Waals surface area contributed by atoms with Gasteiger partial charge in [0.15, 0.2) is 0 Å². The van der Waals surface area contributed by atoms with Crippen LogP contribution >= 0.6 is 11.8 Å². The summed E-state index contributed by atoms with van der Waals surface area (Å²) in [5, 5.41) is 3.77. The van der Waals surface area contributed by atoms with E-state index in [0.29, 0.717) is 5.75 Å². The van der Waals surface area contributed by atoms with Crippen molar-refractivity contribution in [2.24, 2.45) is 0 Å². The summed E-state index contributed by atoms with van der Waals surface area (Å²) >= 11 is 1.42. The molecule has 1 aliphatic heterocycles. The standard InChI is InChI=1S/C25H29N5O2S/c1-18-12-19(2)14-20(13-18)28-24(31)16-33-25-15-23(26-17-27-25)30-10-8-29(9-11-30)21-6-4-5-7-22(21)32-3/h4-7,12-15,17H,8-11,16H2,1-3H3,(H,28,31).